The molecule has 0 bridgehead atoms. The molecule has 0 amide bonds. The maximum absolute atomic E-state index is 12.2. The van der Waals surface area contributed by atoms with Crippen LogP contribution in [0.1, 0.15) is 15.9 Å². The number of nitrogen functional groups attached to an aromatic ring is 1. The Kier molecular flexibility index (Phi) is 3.81. The Morgan fingerprint density at radius 1 is 0.944 bits per heavy atom. The molecule has 0 spiro atoms. The van der Waals surface area contributed by atoms with Crippen LogP contribution >= 0.6 is 34.8 Å². The number of hydrogen-bond acceptors (Lipinski definition) is 2. The Hall–Kier alpha value is -1.22. The van der Waals surface area contributed by atoms with Crippen LogP contribution in [0.25, 0.3) is 0 Å². The molecule has 2 aromatic rings. The smallest absolute Gasteiger partial charge is 0.193 e. The lowest BCUT2D eigenvalue weighted by Gasteiger charge is -2.06. The number of benzene rings is 2. The lowest BCUT2D eigenvalue weighted by atomic mass is 10.0. The van der Waals surface area contributed by atoms with Gasteiger partial charge in [-0.05, 0) is 36.4 Å². The number of halogens is 3. The summed E-state index contributed by atoms with van der Waals surface area (Å²) in [6.45, 7) is 0. The molecule has 0 aliphatic rings. The third kappa shape index (κ3) is 2.61. The van der Waals surface area contributed by atoms with Crippen molar-refractivity contribution in [2.24, 2.45) is 0 Å². The number of carbonyl (C=O) groups excluding carboxylic acids is 1. The minimum absolute atomic E-state index is 0.183. The molecule has 2 rings (SSSR count). The maximum atomic E-state index is 12.2. The van der Waals surface area contributed by atoms with E-state index < -0.39 is 0 Å². The van der Waals surface area contributed by atoms with Crippen LogP contribution in [0.15, 0.2) is 36.4 Å². The van der Waals surface area contributed by atoms with Crippen molar-refractivity contribution in [2.75, 3.05) is 5.73 Å². The van der Waals surface area contributed by atoms with Crippen LogP contribution in [0.5, 0.6) is 0 Å². The van der Waals surface area contributed by atoms with Crippen molar-refractivity contribution in [3.05, 3.63) is 62.6 Å². The topological polar surface area (TPSA) is 43.1 Å². The Bertz CT molecular complexity index is 585. The molecule has 0 aromatic heterocycles. The van der Waals surface area contributed by atoms with Crippen LogP contribution in [0.3, 0.4) is 0 Å². The number of nitrogens with two attached hydrogens (primary N) is 1. The lowest BCUT2D eigenvalue weighted by molar-refractivity contribution is 0.103. The molecule has 0 unspecified atom stereocenters. The number of carbonyl (C=O) groups is 1. The first-order chi connectivity index (χ1) is 8.49. The van der Waals surface area contributed by atoms with E-state index in [1.54, 1.807) is 24.3 Å². The Labute approximate surface area is 119 Å². The van der Waals surface area contributed by atoms with Crippen molar-refractivity contribution < 1.29 is 4.79 Å². The summed E-state index contributed by atoms with van der Waals surface area (Å²) in [7, 11) is 0. The van der Waals surface area contributed by atoms with Crippen LogP contribution in [0.2, 0.25) is 15.1 Å². The second-order valence-corrected chi connectivity index (χ2v) is 4.92. The Morgan fingerprint density at radius 2 is 1.56 bits per heavy atom. The van der Waals surface area contributed by atoms with Crippen molar-refractivity contribution in [1.82, 2.24) is 0 Å². The third-order valence-electron chi connectivity index (χ3n) is 2.42. The average molecular weight is 301 g/mol. The summed E-state index contributed by atoms with van der Waals surface area (Å²) in [6.07, 6.45) is 0. The first kappa shape index (κ1) is 13.2. The summed E-state index contributed by atoms with van der Waals surface area (Å²) < 4.78 is 0. The summed E-state index contributed by atoms with van der Waals surface area (Å²) in [5.41, 5.74) is 6.85. The summed E-state index contributed by atoms with van der Waals surface area (Å²) in [6, 6.07) is 9.58. The van der Waals surface area contributed by atoms with Gasteiger partial charge in [-0.1, -0.05) is 34.8 Å². The van der Waals surface area contributed by atoms with Crippen LogP contribution in [-0.4, -0.2) is 5.78 Å². The maximum Gasteiger partial charge on any atom is 0.193 e. The molecule has 18 heavy (non-hydrogen) atoms. The average Bonchev–Trinajstić information content (AvgIpc) is 2.35. The van der Waals surface area contributed by atoms with Crippen LogP contribution in [0, 0.1) is 0 Å². The fourth-order valence-electron chi connectivity index (χ4n) is 1.51. The van der Waals surface area contributed by atoms with Crippen molar-refractivity contribution in [3.8, 4) is 0 Å². The van der Waals surface area contributed by atoms with E-state index in [0.717, 1.165) is 0 Å². The molecule has 0 heterocycles. The van der Waals surface area contributed by atoms with E-state index in [1.807, 2.05) is 0 Å². The zero-order valence-electron chi connectivity index (χ0n) is 9.08. The van der Waals surface area contributed by atoms with E-state index >= 15 is 0 Å². The van der Waals surface area contributed by atoms with Crippen LogP contribution in [-0.2, 0) is 0 Å². The molecular weight excluding hydrogens is 293 g/mol. The summed E-state index contributed by atoms with van der Waals surface area (Å²) in [5, 5.41) is 1.08. The first-order valence-electron chi connectivity index (χ1n) is 5.04. The number of anilines is 1. The van der Waals surface area contributed by atoms with Gasteiger partial charge in [0.2, 0.25) is 0 Å². The Balaban J connectivity index is 2.43. The highest BCUT2D eigenvalue weighted by molar-refractivity contribution is 6.44. The highest BCUT2D eigenvalue weighted by Gasteiger charge is 2.13. The molecule has 0 aliphatic heterocycles. The molecule has 2 N–H and O–H groups in total. The minimum Gasteiger partial charge on any atom is -0.397 e. The van der Waals surface area contributed by atoms with E-state index in [-0.39, 0.29) is 21.5 Å². The second kappa shape index (κ2) is 5.19. The van der Waals surface area contributed by atoms with Gasteiger partial charge in [0, 0.05) is 16.1 Å². The molecule has 2 nitrogen and oxygen atoms in total. The van der Waals surface area contributed by atoms with E-state index in [1.165, 1.54) is 12.1 Å². The zero-order chi connectivity index (χ0) is 13.3. The summed E-state index contributed by atoms with van der Waals surface area (Å²) in [4.78, 5) is 12.2. The van der Waals surface area contributed by atoms with Crippen molar-refractivity contribution in [2.45, 2.75) is 0 Å². The summed E-state index contributed by atoms with van der Waals surface area (Å²) >= 11 is 17.5. The Morgan fingerprint density at radius 3 is 2.11 bits per heavy atom. The standard InChI is InChI=1S/C13H8Cl3NO/c14-9-3-1-7(2-4-9)13(18)8-5-10(15)12(16)11(17)6-8/h1-6H,17H2. The third-order valence-corrected chi connectivity index (χ3v) is 3.49. The van der Waals surface area contributed by atoms with Gasteiger partial charge in [-0.2, -0.15) is 0 Å². The van der Waals surface area contributed by atoms with E-state index in [2.05, 4.69) is 0 Å². The SMILES string of the molecule is Nc1cc(C(=O)c2ccc(Cl)cc2)cc(Cl)c1Cl. The first-order valence-corrected chi connectivity index (χ1v) is 6.17. The largest absolute Gasteiger partial charge is 0.397 e. The molecule has 92 valence electrons. The molecule has 5 heteroatoms. The van der Waals surface area contributed by atoms with Crippen LogP contribution < -0.4 is 5.73 Å². The van der Waals surface area contributed by atoms with Gasteiger partial charge in [-0.3, -0.25) is 4.79 Å². The highest BCUT2D eigenvalue weighted by atomic mass is 35.5. The normalized spacial score (nSPS) is 10.4. The lowest BCUT2D eigenvalue weighted by Crippen LogP contribution is -2.02. The fraction of sp³-hybridized carbons (Fsp3) is 0. The molecule has 0 aliphatic carbocycles. The molecule has 0 fully saturated rings. The molecular formula is C13H8Cl3NO. The number of rotatable bonds is 2. The van der Waals surface area contributed by atoms with E-state index in [9.17, 15) is 4.79 Å². The molecule has 0 radical (unpaired) electrons. The highest BCUT2D eigenvalue weighted by Crippen LogP contribution is 2.30. The van der Waals surface area contributed by atoms with Gasteiger partial charge < -0.3 is 5.73 Å². The molecule has 0 saturated heterocycles. The fourth-order valence-corrected chi connectivity index (χ4v) is 1.97. The van der Waals surface area contributed by atoms with Crippen LogP contribution in [0.4, 0.5) is 5.69 Å². The monoisotopic (exact) mass is 299 g/mol. The number of hydrogen-bond donors (Lipinski definition) is 1. The predicted molar refractivity (Wildman–Crippen MR) is 75.8 cm³/mol. The van der Waals surface area contributed by atoms with E-state index in [4.69, 9.17) is 40.5 Å². The van der Waals surface area contributed by atoms with Gasteiger partial charge in [-0.15, -0.1) is 0 Å². The van der Waals surface area contributed by atoms with Gasteiger partial charge >= 0.3 is 0 Å². The van der Waals surface area contributed by atoms with Gasteiger partial charge in [0.1, 0.15) is 0 Å². The number of ketones is 1. The van der Waals surface area contributed by atoms with Gasteiger partial charge in [0.15, 0.2) is 5.78 Å². The van der Waals surface area contributed by atoms with E-state index in [0.29, 0.717) is 16.1 Å². The van der Waals surface area contributed by atoms with Crippen molar-refractivity contribution in [3.63, 3.8) is 0 Å². The van der Waals surface area contributed by atoms with Gasteiger partial charge in [0.05, 0.1) is 15.7 Å². The van der Waals surface area contributed by atoms with Gasteiger partial charge in [-0.25, -0.2) is 0 Å². The quantitative estimate of drug-likeness (QED) is 0.657. The predicted octanol–water partition coefficient (Wildman–Crippen LogP) is 4.46. The van der Waals surface area contributed by atoms with Crippen molar-refractivity contribution >= 4 is 46.3 Å². The van der Waals surface area contributed by atoms with Crippen molar-refractivity contribution in [1.29, 1.82) is 0 Å². The molecule has 0 atom stereocenters. The summed E-state index contributed by atoms with van der Waals surface area (Å²) in [5.74, 6) is -0.183. The second-order valence-electron chi connectivity index (χ2n) is 3.70. The molecule has 0 saturated carbocycles. The zero-order valence-corrected chi connectivity index (χ0v) is 11.4. The minimum atomic E-state index is -0.183. The molecule has 2 aromatic carbocycles. The van der Waals surface area contributed by atoms with Gasteiger partial charge in [0.25, 0.3) is 0 Å².